The first-order chi connectivity index (χ1) is 21.5. The van der Waals surface area contributed by atoms with Gasteiger partial charge in [-0.1, -0.05) is 49.6 Å². The molecule has 0 saturated carbocycles. The standard InChI is InChI=1S/C34H34N4O6/c39-29-16-15-25(32(40)37-29)38-33(41)24-12-8-14-27(30(24)34(38)42)43-19-7-3-1-2-6-18-36-31(23-11-9-17-35-21-23)28-20-22-10-4-5-13-26(22)44-28/h4-5,8-14,17,20-21,25,31,36H,1-3,6-7,15-16,18-19H2,(H,37,39,40). The maximum Gasteiger partial charge on any atom is 0.266 e. The zero-order chi connectivity index (χ0) is 30.5. The van der Waals surface area contributed by atoms with E-state index in [1.165, 1.54) is 0 Å². The van der Waals surface area contributed by atoms with Crippen LogP contribution in [-0.4, -0.2) is 52.7 Å². The minimum atomic E-state index is -0.999. The second-order valence-electron chi connectivity index (χ2n) is 11.1. The van der Waals surface area contributed by atoms with Crippen LogP contribution in [0.5, 0.6) is 5.75 Å². The fourth-order valence-corrected chi connectivity index (χ4v) is 5.86. The van der Waals surface area contributed by atoms with Gasteiger partial charge in [0.2, 0.25) is 11.8 Å². The fourth-order valence-electron chi connectivity index (χ4n) is 5.86. The van der Waals surface area contributed by atoms with E-state index >= 15 is 0 Å². The maximum absolute atomic E-state index is 13.2. The molecule has 0 spiro atoms. The monoisotopic (exact) mass is 594 g/mol. The minimum absolute atomic E-state index is 0.0790. The van der Waals surface area contributed by atoms with Crippen LogP contribution >= 0.6 is 0 Å². The van der Waals surface area contributed by atoms with Crippen molar-refractivity contribution < 1.29 is 28.3 Å². The number of pyridine rings is 1. The lowest BCUT2D eigenvalue weighted by Gasteiger charge is -2.27. The molecule has 0 radical (unpaired) electrons. The fraction of sp³-hybridized carbons (Fsp3) is 0.324. The number of rotatable bonds is 13. The van der Waals surface area contributed by atoms with E-state index in [0.717, 1.165) is 65.8 Å². The van der Waals surface area contributed by atoms with Crippen LogP contribution in [0.3, 0.4) is 0 Å². The number of para-hydroxylation sites is 1. The first-order valence-electron chi connectivity index (χ1n) is 15.1. The molecule has 0 aliphatic carbocycles. The number of hydrogen-bond donors (Lipinski definition) is 2. The van der Waals surface area contributed by atoms with Crippen molar-refractivity contribution in [1.29, 1.82) is 0 Å². The van der Waals surface area contributed by atoms with Crippen LogP contribution in [-0.2, 0) is 9.59 Å². The Morgan fingerprint density at radius 3 is 2.61 bits per heavy atom. The number of imide groups is 2. The number of unbranched alkanes of at least 4 members (excludes halogenated alkanes) is 4. The van der Waals surface area contributed by atoms with Gasteiger partial charge in [-0.2, -0.15) is 0 Å². The third kappa shape index (κ3) is 6.12. The number of hydrogen-bond acceptors (Lipinski definition) is 8. The molecule has 1 fully saturated rings. The normalized spacial score (nSPS) is 17.2. The minimum Gasteiger partial charge on any atom is -0.493 e. The molecule has 1 saturated heterocycles. The van der Waals surface area contributed by atoms with Crippen LogP contribution in [0.2, 0.25) is 0 Å². The maximum atomic E-state index is 13.2. The topological polar surface area (TPSA) is 131 Å². The molecule has 4 aromatic rings. The van der Waals surface area contributed by atoms with Crippen LogP contribution in [0.1, 0.15) is 83.0 Å². The largest absolute Gasteiger partial charge is 0.493 e. The molecule has 2 aromatic heterocycles. The summed E-state index contributed by atoms with van der Waals surface area (Å²) in [5.74, 6) is -0.925. The van der Waals surface area contributed by atoms with Crippen LogP contribution in [0.4, 0.5) is 0 Å². The summed E-state index contributed by atoms with van der Waals surface area (Å²) in [5, 5.41) is 6.92. The Morgan fingerprint density at radius 2 is 1.80 bits per heavy atom. The van der Waals surface area contributed by atoms with Crippen LogP contribution in [0, 0.1) is 0 Å². The van der Waals surface area contributed by atoms with Gasteiger partial charge < -0.3 is 14.5 Å². The van der Waals surface area contributed by atoms with E-state index in [2.05, 4.69) is 27.8 Å². The zero-order valence-corrected chi connectivity index (χ0v) is 24.3. The van der Waals surface area contributed by atoms with E-state index in [-0.39, 0.29) is 30.0 Å². The average molecular weight is 595 g/mol. The van der Waals surface area contributed by atoms with Gasteiger partial charge in [0, 0.05) is 24.2 Å². The van der Waals surface area contributed by atoms with Crippen molar-refractivity contribution >= 4 is 34.6 Å². The van der Waals surface area contributed by atoms with Gasteiger partial charge in [-0.15, -0.1) is 0 Å². The van der Waals surface area contributed by atoms with Crippen molar-refractivity contribution in [2.75, 3.05) is 13.2 Å². The predicted octanol–water partition coefficient (Wildman–Crippen LogP) is 4.94. The van der Waals surface area contributed by atoms with Gasteiger partial charge in [0.05, 0.1) is 23.8 Å². The molecule has 2 aliphatic heterocycles. The van der Waals surface area contributed by atoms with E-state index in [1.807, 2.05) is 36.5 Å². The molecule has 2 N–H and O–H groups in total. The predicted molar refractivity (Wildman–Crippen MR) is 162 cm³/mol. The van der Waals surface area contributed by atoms with Crippen molar-refractivity contribution in [2.45, 2.75) is 57.0 Å². The second-order valence-corrected chi connectivity index (χ2v) is 11.1. The van der Waals surface area contributed by atoms with Crippen molar-refractivity contribution in [2.24, 2.45) is 0 Å². The number of amides is 4. The summed E-state index contributed by atoms with van der Waals surface area (Å²) in [6.07, 6.45) is 8.65. The highest BCUT2D eigenvalue weighted by Crippen LogP contribution is 2.34. The number of aromatic nitrogens is 1. The van der Waals surface area contributed by atoms with Crippen LogP contribution < -0.4 is 15.4 Å². The van der Waals surface area contributed by atoms with E-state index < -0.39 is 29.7 Å². The summed E-state index contributed by atoms with van der Waals surface area (Å²) in [6.45, 7) is 1.23. The van der Waals surface area contributed by atoms with Crippen molar-refractivity contribution in [1.82, 2.24) is 20.5 Å². The number of nitrogens with zero attached hydrogens (tertiary/aromatic N) is 2. The first-order valence-corrected chi connectivity index (χ1v) is 15.1. The van der Waals surface area contributed by atoms with E-state index in [1.54, 1.807) is 24.4 Å². The highest BCUT2D eigenvalue weighted by atomic mass is 16.5. The van der Waals surface area contributed by atoms with Gasteiger partial charge in [0.1, 0.15) is 23.1 Å². The summed E-state index contributed by atoms with van der Waals surface area (Å²) >= 11 is 0. The molecule has 2 aliphatic rings. The number of nitrogens with one attached hydrogen (secondary N) is 2. The molecule has 4 amide bonds. The molecule has 2 aromatic carbocycles. The molecule has 226 valence electrons. The molecule has 6 rings (SSSR count). The Hall–Kier alpha value is -4.83. The van der Waals surface area contributed by atoms with Crippen molar-refractivity contribution in [3.8, 4) is 5.75 Å². The Kier molecular flexibility index (Phi) is 8.79. The summed E-state index contributed by atoms with van der Waals surface area (Å²) in [5.41, 5.74) is 2.32. The third-order valence-corrected chi connectivity index (χ3v) is 8.10. The highest BCUT2D eigenvalue weighted by molar-refractivity contribution is 6.24. The van der Waals surface area contributed by atoms with E-state index in [9.17, 15) is 19.2 Å². The number of carbonyl (C=O) groups is 4. The molecule has 4 heterocycles. The van der Waals surface area contributed by atoms with Crippen LogP contribution in [0.25, 0.3) is 11.0 Å². The Labute approximate surface area is 254 Å². The number of ether oxygens (including phenoxy) is 1. The third-order valence-electron chi connectivity index (χ3n) is 8.10. The van der Waals surface area contributed by atoms with Gasteiger partial charge in [-0.3, -0.25) is 34.4 Å². The van der Waals surface area contributed by atoms with Crippen molar-refractivity contribution in [3.63, 3.8) is 0 Å². The number of piperidine rings is 1. The Morgan fingerprint density at radius 1 is 0.955 bits per heavy atom. The SMILES string of the molecule is O=C1CCC(N2C(=O)c3cccc(OCCCCCCCNC(c4cccnc4)c4cc5ccccc5o4)c3C2=O)C(=O)N1. The quantitative estimate of drug-likeness (QED) is 0.165. The average Bonchev–Trinajstić information content (AvgIpc) is 3.57. The summed E-state index contributed by atoms with van der Waals surface area (Å²) < 4.78 is 12.1. The van der Waals surface area contributed by atoms with E-state index in [0.29, 0.717) is 12.4 Å². The number of benzene rings is 2. The molecular weight excluding hydrogens is 560 g/mol. The van der Waals surface area contributed by atoms with Gasteiger partial charge in [-0.25, -0.2) is 0 Å². The van der Waals surface area contributed by atoms with Gasteiger partial charge in [-0.05, 0) is 61.7 Å². The number of carbonyl (C=O) groups excluding carboxylic acids is 4. The van der Waals surface area contributed by atoms with E-state index in [4.69, 9.17) is 9.15 Å². The Bertz CT molecular complexity index is 1650. The summed E-state index contributed by atoms with van der Waals surface area (Å²) in [6, 6.07) is 17.9. The Balaban J connectivity index is 0.955. The lowest BCUT2D eigenvalue weighted by molar-refractivity contribution is -0.136. The highest BCUT2D eigenvalue weighted by Gasteiger charge is 2.46. The number of furan rings is 1. The lowest BCUT2D eigenvalue weighted by atomic mass is 10.0. The van der Waals surface area contributed by atoms with Crippen molar-refractivity contribution in [3.05, 3.63) is 95.5 Å². The second kappa shape index (κ2) is 13.2. The molecule has 2 unspecified atom stereocenters. The molecule has 0 bridgehead atoms. The lowest BCUT2D eigenvalue weighted by Crippen LogP contribution is -2.54. The van der Waals surface area contributed by atoms with Gasteiger partial charge in [0.15, 0.2) is 0 Å². The molecule has 10 nitrogen and oxygen atoms in total. The molecule has 2 atom stereocenters. The zero-order valence-electron chi connectivity index (χ0n) is 24.3. The molecule has 10 heteroatoms. The first kappa shape index (κ1) is 29.3. The van der Waals surface area contributed by atoms with Crippen LogP contribution in [0.15, 0.2) is 77.5 Å². The summed E-state index contributed by atoms with van der Waals surface area (Å²) in [7, 11) is 0. The van der Waals surface area contributed by atoms with Gasteiger partial charge >= 0.3 is 0 Å². The molecular formula is C34H34N4O6. The number of fused-ring (bicyclic) bond motifs is 2. The smallest absolute Gasteiger partial charge is 0.266 e. The van der Waals surface area contributed by atoms with Gasteiger partial charge in [0.25, 0.3) is 11.8 Å². The summed E-state index contributed by atoms with van der Waals surface area (Å²) in [4.78, 5) is 55.3. The molecule has 44 heavy (non-hydrogen) atoms.